The van der Waals surface area contributed by atoms with Gasteiger partial charge in [-0.2, -0.15) is 4.98 Å². The Labute approximate surface area is 124 Å². The molecule has 0 atom stereocenters. The Bertz CT molecular complexity index is 584. The van der Waals surface area contributed by atoms with Crippen molar-refractivity contribution in [1.82, 2.24) is 9.97 Å². The molecule has 0 fully saturated rings. The van der Waals surface area contributed by atoms with Crippen LogP contribution < -0.4 is 10.1 Å². The zero-order chi connectivity index (χ0) is 14.5. The first-order valence-electron chi connectivity index (χ1n) is 6.62. The number of hydrogen-bond donors (Lipinski definition) is 1. The quantitative estimate of drug-likeness (QED) is 0.896. The fraction of sp³-hybridized carbons (Fsp3) is 0.333. The molecule has 1 heterocycles. The molecule has 1 aromatic heterocycles. The smallest absolute Gasteiger partial charge is 0.227 e. The SMILES string of the molecule is CCCc1nc(NC)c(C)c(Oc2ccc(Cl)cc2)n1. The van der Waals surface area contributed by atoms with Gasteiger partial charge in [-0.05, 0) is 37.6 Å². The highest BCUT2D eigenvalue weighted by Crippen LogP contribution is 2.27. The van der Waals surface area contributed by atoms with E-state index in [-0.39, 0.29) is 0 Å². The zero-order valence-electron chi connectivity index (χ0n) is 11.9. The molecule has 0 aliphatic heterocycles. The van der Waals surface area contributed by atoms with Crippen molar-refractivity contribution in [2.45, 2.75) is 26.7 Å². The Morgan fingerprint density at radius 1 is 1.20 bits per heavy atom. The van der Waals surface area contributed by atoms with E-state index in [0.717, 1.165) is 30.0 Å². The van der Waals surface area contributed by atoms with Crippen LogP contribution in [0.5, 0.6) is 11.6 Å². The lowest BCUT2D eigenvalue weighted by Crippen LogP contribution is -2.05. The fourth-order valence-electron chi connectivity index (χ4n) is 1.83. The predicted molar refractivity (Wildman–Crippen MR) is 81.8 cm³/mol. The van der Waals surface area contributed by atoms with Crippen molar-refractivity contribution in [2.75, 3.05) is 12.4 Å². The molecule has 1 aromatic carbocycles. The van der Waals surface area contributed by atoms with Gasteiger partial charge in [0.2, 0.25) is 5.88 Å². The van der Waals surface area contributed by atoms with E-state index >= 15 is 0 Å². The van der Waals surface area contributed by atoms with E-state index in [2.05, 4.69) is 22.2 Å². The van der Waals surface area contributed by atoms with E-state index in [1.54, 1.807) is 12.1 Å². The molecule has 0 radical (unpaired) electrons. The Hall–Kier alpha value is -1.81. The summed E-state index contributed by atoms with van der Waals surface area (Å²) in [6.07, 6.45) is 1.82. The van der Waals surface area contributed by atoms with Gasteiger partial charge in [0.1, 0.15) is 17.4 Å². The van der Waals surface area contributed by atoms with Crippen LogP contribution in [0.15, 0.2) is 24.3 Å². The number of anilines is 1. The number of nitrogens with zero attached hydrogens (tertiary/aromatic N) is 2. The second kappa shape index (κ2) is 6.57. The number of nitrogens with one attached hydrogen (secondary N) is 1. The van der Waals surface area contributed by atoms with Gasteiger partial charge in [0.15, 0.2) is 0 Å². The molecule has 2 rings (SSSR count). The summed E-state index contributed by atoms with van der Waals surface area (Å²) in [5, 5.41) is 3.76. The average Bonchev–Trinajstić information content (AvgIpc) is 2.45. The number of aromatic nitrogens is 2. The zero-order valence-corrected chi connectivity index (χ0v) is 12.7. The van der Waals surface area contributed by atoms with Crippen LogP contribution in [-0.4, -0.2) is 17.0 Å². The van der Waals surface area contributed by atoms with Crippen LogP contribution in [0.25, 0.3) is 0 Å². The first-order chi connectivity index (χ1) is 9.63. The van der Waals surface area contributed by atoms with E-state index in [4.69, 9.17) is 16.3 Å². The molecule has 0 spiro atoms. The number of ether oxygens (including phenoxy) is 1. The van der Waals surface area contributed by atoms with Gasteiger partial charge in [0.05, 0.1) is 5.56 Å². The van der Waals surface area contributed by atoms with Crippen molar-refractivity contribution in [3.63, 3.8) is 0 Å². The highest BCUT2D eigenvalue weighted by Gasteiger charge is 2.11. The molecule has 0 unspecified atom stereocenters. The molecule has 0 saturated heterocycles. The number of aryl methyl sites for hydroxylation is 1. The third-order valence-corrected chi connectivity index (χ3v) is 3.14. The van der Waals surface area contributed by atoms with Gasteiger partial charge in [-0.3, -0.25) is 0 Å². The summed E-state index contributed by atoms with van der Waals surface area (Å²) >= 11 is 5.87. The Morgan fingerprint density at radius 2 is 1.90 bits per heavy atom. The third-order valence-electron chi connectivity index (χ3n) is 2.89. The number of hydrogen-bond acceptors (Lipinski definition) is 4. The van der Waals surface area contributed by atoms with Crippen LogP contribution >= 0.6 is 11.6 Å². The summed E-state index contributed by atoms with van der Waals surface area (Å²) in [6, 6.07) is 7.23. The number of rotatable bonds is 5. The van der Waals surface area contributed by atoms with Crippen molar-refractivity contribution < 1.29 is 4.74 Å². The van der Waals surface area contributed by atoms with Crippen molar-refractivity contribution in [2.24, 2.45) is 0 Å². The summed E-state index contributed by atoms with van der Waals surface area (Å²) < 4.78 is 5.84. The first kappa shape index (κ1) is 14.6. The van der Waals surface area contributed by atoms with Gasteiger partial charge in [0.25, 0.3) is 0 Å². The van der Waals surface area contributed by atoms with Crippen molar-refractivity contribution in [3.8, 4) is 11.6 Å². The maximum Gasteiger partial charge on any atom is 0.227 e. The van der Waals surface area contributed by atoms with Crippen LogP contribution in [0.2, 0.25) is 5.02 Å². The fourth-order valence-corrected chi connectivity index (χ4v) is 1.96. The highest BCUT2D eigenvalue weighted by atomic mass is 35.5. The van der Waals surface area contributed by atoms with Gasteiger partial charge in [0, 0.05) is 18.5 Å². The molecular formula is C15H18ClN3O. The molecule has 0 aliphatic rings. The van der Waals surface area contributed by atoms with Crippen molar-refractivity contribution >= 4 is 17.4 Å². The standard InChI is InChI=1S/C15H18ClN3O/c1-4-5-13-18-14(17-3)10(2)15(19-13)20-12-8-6-11(16)7-9-12/h6-9H,4-5H2,1-3H3,(H,17,18,19). The Kier molecular flexibility index (Phi) is 4.79. The summed E-state index contributed by atoms with van der Waals surface area (Å²) in [6.45, 7) is 4.04. The maximum absolute atomic E-state index is 5.87. The molecule has 0 aliphatic carbocycles. The number of halogens is 1. The van der Waals surface area contributed by atoms with Gasteiger partial charge >= 0.3 is 0 Å². The minimum absolute atomic E-state index is 0.579. The van der Waals surface area contributed by atoms with Crippen molar-refractivity contribution in [3.05, 3.63) is 40.7 Å². The lowest BCUT2D eigenvalue weighted by molar-refractivity contribution is 0.454. The van der Waals surface area contributed by atoms with Gasteiger partial charge < -0.3 is 10.1 Å². The minimum atomic E-state index is 0.579. The van der Waals surface area contributed by atoms with Crippen LogP contribution in [0.1, 0.15) is 24.7 Å². The molecule has 0 saturated carbocycles. The predicted octanol–water partition coefficient (Wildman–Crippen LogP) is 4.22. The summed E-state index contributed by atoms with van der Waals surface area (Å²) in [7, 11) is 1.84. The van der Waals surface area contributed by atoms with Crippen LogP contribution in [0.3, 0.4) is 0 Å². The average molecular weight is 292 g/mol. The van der Waals surface area contributed by atoms with Gasteiger partial charge in [-0.25, -0.2) is 4.98 Å². The summed E-state index contributed by atoms with van der Waals surface area (Å²) in [5.41, 5.74) is 0.891. The molecular weight excluding hydrogens is 274 g/mol. The third kappa shape index (κ3) is 3.39. The minimum Gasteiger partial charge on any atom is -0.439 e. The van der Waals surface area contributed by atoms with Crippen LogP contribution in [0.4, 0.5) is 5.82 Å². The maximum atomic E-state index is 5.87. The topological polar surface area (TPSA) is 47.0 Å². The van der Waals surface area contributed by atoms with E-state index in [1.807, 2.05) is 26.1 Å². The molecule has 0 amide bonds. The molecule has 0 bridgehead atoms. The largest absolute Gasteiger partial charge is 0.439 e. The van der Waals surface area contributed by atoms with Crippen LogP contribution in [-0.2, 0) is 6.42 Å². The highest BCUT2D eigenvalue weighted by molar-refractivity contribution is 6.30. The van der Waals surface area contributed by atoms with Crippen LogP contribution in [0, 0.1) is 6.92 Å². The first-order valence-corrected chi connectivity index (χ1v) is 7.00. The van der Waals surface area contributed by atoms with Crippen molar-refractivity contribution in [1.29, 1.82) is 0 Å². The van der Waals surface area contributed by atoms with E-state index in [9.17, 15) is 0 Å². The lowest BCUT2D eigenvalue weighted by Gasteiger charge is -2.12. The molecule has 20 heavy (non-hydrogen) atoms. The van der Waals surface area contributed by atoms with E-state index in [1.165, 1.54) is 0 Å². The summed E-state index contributed by atoms with van der Waals surface area (Å²) in [5.74, 6) is 2.87. The molecule has 2 aromatic rings. The Balaban J connectivity index is 2.33. The van der Waals surface area contributed by atoms with E-state index < -0.39 is 0 Å². The van der Waals surface area contributed by atoms with Gasteiger partial charge in [-0.15, -0.1) is 0 Å². The molecule has 5 heteroatoms. The second-order valence-electron chi connectivity index (χ2n) is 4.47. The second-order valence-corrected chi connectivity index (χ2v) is 4.91. The molecule has 4 nitrogen and oxygen atoms in total. The normalized spacial score (nSPS) is 10.4. The molecule has 106 valence electrons. The molecule has 1 N–H and O–H groups in total. The lowest BCUT2D eigenvalue weighted by atomic mass is 10.2. The van der Waals surface area contributed by atoms with Gasteiger partial charge in [-0.1, -0.05) is 18.5 Å². The number of benzene rings is 1. The monoisotopic (exact) mass is 291 g/mol. The summed E-state index contributed by atoms with van der Waals surface area (Å²) in [4.78, 5) is 8.96. The van der Waals surface area contributed by atoms with E-state index in [0.29, 0.717) is 16.7 Å². The Morgan fingerprint density at radius 3 is 2.50 bits per heavy atom.